The second-order valence-electron chi connectivity index (χ2n) is 6.68. The molecule has 6 nitrogen and oxygen atoms in total. The maximum Gasteiger partial charge on any atom is 0.318 e. The molecule has 0 atom stereocenters. The summed E-state index contributed by atoms with van der Waals surface area (Å²) in [6.45, 7) is 0.519. The number of nitrogens with two attached hydrogens (primary N) is 1. The molecule has 1 saturated carbocycles. The topological polar surface area (TPSA) is 78.7 Å². The monoisotopic (exact) mass is 302 g/mol. The van der Waals surface area contributed by atoms with Gasteiger partial charge in [-0.2, -0.15) is 0 Å². The molecule has 3 rings (SSSR count). The van der Waals surface area contributed by atoms with Gasteiger partial charge in [-0.05, 0) is 32.5 Å². The van der Waals surface area contributed by atoms with Crippen LogP contribution in [-0.2, 0) is 10.3 Å². The van der Waals surface area contributed by atoms with Crippen LogP contribution in [0.2, 0.25) is 0 Å². The first kappa shape index (κ1) is 14.8. The Morgan fingerprint density at radius 1 is 1.32 bits per heavy atom. The van der Waals surface area contributed by atoms with Crippen LogP contribution in [0.25, 0.3) is 0 Å². The van der Waals surface area contributed by atoms with E-state index in [0.29, 0.717) is 6.54 Å². The Hall–Kier alpha value is -2.08. The van der Waals surface area contributed by atoms with Gasteiger partial charge in [-0.15, -0.1) is 0 Å². The number of carbonyl (C=O) groups is 2. The standard InChI is InChI=1S/C16H22N4O2/c1-19(2)16(12-6-4-3-5-7-12)9-15(10-16)11-20(8-13(17)21)14(22)18-15/h3-7H,8-11H2,1-2H3,(H2,17,21)(H,18,22). The quantitative estimate of drug-likeness (QED) is 0.849. The molecule has 0 unspecified atom stereocenters. The predicted octanol–water partition coefficient (Wildman–Crippen LogP) is 0.487. The highest BCUT2D eigenvalue weighted by Crippen LogP contribution is 2.53. The Balaban J connectivity index is 1.79. The van der Waals surface area contributed by atoms with E-state index in [-0.39, 0.29) is 23.7 Å². The van der Waals surface area contributed by atoms with Crippen molar-refractivity contribution in [1.82, 2.24) is 15.1 Å². The third-order valence-electron chi connectivity index (χ3n) is 4.93. The van der Waals surface area contributed by atoms with E-state index in [4.69, 9.17) is 5.73 Å². The summed E-state index contributed by atoms with van der Waals surface area (Å²) in [4.78, 5) is 26.8. The highest BCUT2D eigenvalue weighted by atomic mass is 16.2. The molecule has 0 aromatic heterocycles. The van der Waals surface area contributed by atoms with Crippen molar-refractivity contribution in [2.75, 3.05) is 27.2 Å². The number of rotatable bonds is 4. The lowest BCUT2D eigenvalue weighted by atomic mass is 9.59. The van der Waals surface area contributed by atoms with E-state index in [1.165, 1.54) is 10.5 Å². The maximum atomic E-state index is 12.0. The van der Waals surface area contributed by atoms with E-state index in [2.05, 4.69) is 36.4 Å². The number of benzene rings is 1. The van der Waals surface area contributed by atoms with Crippen LogP contribution in [-0.4, -0.2) is 54.5 Å². The van der Waals surface area contributed by atoms with Gasteiger partial charge in [-0.1, -0.05) is 30.3 Å². The fourth-order valence-corrected chi connectivity index (χ4v) is 3.89. The Labute approximate surface area is 130 Å². The summed E-state index contributed by atoms with van der Waals surface area (Å²) in [7, 11) is 4.13. The minimum atomic E-state index is -0.478. The minimum absolute atomic E-state index is 0.0200. The number of amides is 3. The van der Waals surface area contributed by atoms with Gasteiger partial charge < -0.3 is 16.0 Å². The molecule has 6 heteroatoms. The van der Waals surface area contributed by atoms with Gasteiger partial charge in [0.15, 0.2) is 0 Å². The van der Waals surface area contributed by atoms with Gasteiger partial charge in [0.2, 0.25) is 5.91 Å². The molecule has 118 valence electrons. The van der Waals surface area contributed by atoms with Gasteiger partial charge in [-0.25, -0.2) is 4.79 Å². The Bertz CT molecular complexity index is 593. The lowest BCUT2D eigenvalue weighted by molar-refractivity contribution is -0.118. The average molecular weight is 302 g/mol. The maximum absolute atomic E-state index is 12.0. The second kappa shape index (κ2) is 4.98. The van der Waals surface area contributed by atoms with E-state index >= 15 is 0 Å². The normalized spacial score (nSPS) is 30.5. The van der Waals surface area contributed by atoms with Crippen molar-refractivity contribution in [1.29, 1.82) is 0 Å². The molecule has 3 amide bonds. The van der Waals surface area contributed by atoms with Gasteiger partial charge in [0.1, 0.15) is 6.54 Å². The van der Waals surface area contributed by atoms with Crippen molar-refractivity contribution < 1.29 is 9.59 Å². The van der Waals surface area contributed by atoms with E-state index in [1.807, 2.05) is 18.2 Å². The summed E-state index contributed by atoms with van der Waals surface area (Å²) in [6.07, 6.45) is 1.66. The average Bonchev–Trinajstić information content (AvgIpc) is 2.73. The summed E-state index contributed by atoms with van der Waals surface area (Å²) in [5.41, 5.74) is 6.13. The fourth-order valence-electron chi connectivity index (χ4n) is 3.89. The first-order valence-electron chi connectivity index (χ1n) is 7.45. The zero-order chi connectivity index (χ0) is 16.0. The fraction of sp³-hybridized carbons (Fsp3) is 0.500. The van der Waals surface area contributed by atoms with E-state index < -0.39 is 5.91 Å². The largest absolute Gasteiger partial charge is 0.368 e. The summed E-state index contributed by atoms with van der Waals surface area (Å²) < 4.78 is 0. The minimum Gasteiger partial charge on any atom is -0.368 e. The van der Waals surface area contributed by atoms with E-state index in [9.17, 15) is 9.59 Å². The zero-order valence-corrected chi connectivity index (χ0v) is 13.0. The molecule has 1 aromatic carbocycles. The molecule has 2 aliphatic rings. The highest BCUT2D eigenvalue weighted by Gasteiger charge is 2.60. The number of carbonyl (C=O) groups excluding carboxylic acids is 2. The summed E-state index contributed by atoms with van der Waals surface area (Å²) in [5.74, 6) is -0.478. The number of primary amides is 1. The molecule has 1 saturated heterocycles. The number of nitrogens with one attached hydrogen (secondary N) is 1. The SMILES string of the molecule is CN(C)C1(c2ccccc2)CC2(CN(CC(N)=O)C(=O)N2)C1. The van der Waals surface area contributed by atoms with Gasteiger partial charge in [0.25, 0.3) is 0 Å². The molecule has 0 radical (unpaired) electrons. The molecule has 2 fully saturated rings. The van der Waals surface area contributed by atoms with Gasteiger partial charge >= 0.3 is 6.03 Å². The molecule has 0 bridgehead atoms. The van der Waals surface area contributed by atoms with Crippen molar-refractivity contribution in [3.05, 3.63) is 35.9 Å². The van der Waals surface area contributed by atoms with Crippen LogP contribution in [0.15, 0.2) is 30.3 Å². The third kappa shape index (κ3) is 2.23. The summed E-state index contributed by atoms with van der Waals surface area (Å²) in [5, 5.41) is 3.05. The first-order valence-corrected chi connectivity index (χ1v) is 7.45. The number of nitrogens with zero attached hydrogens (tertiary/aromatic N) is 2. The Morgan fingerprint density at radius 2 is 1.95 bits per heavy atom. The van der Waals surface area contributed by atoms with Gasteiger partial charge in [0, 0.05) is 6.54 Å². The first-order chi connectivity index (χ1) is 10.4. The van der Waals surface area contributed by atoms with Crippen LogP contribution < -0.4 is 11.1 Å². The van der Waals surface area contributed by atoms with Crippen molar-refractivity contribution in [2.45, 2.75) is 23.9 Å². The predicted molar refractivity (Wildman–Crippen MR) is 83.1 cm³/mol. The molecule has 1 heterocycles. The third-order valence-corrected chi connectivity index (χ3v) is 4.93. The summed E-state index contributed by atoms with van der Waals surface area (Å²) >= 11 is 0. The number of hydrogen-bond acceptors (Lipinski definition) is 3. The smallest absolute Gasteiger partial charge is 0.318 e. The highest BCUT2D eigenvalue weighted by molar-refractivity contribution is 5.85. The number of urea groups is 1. The second-order valence-corrected chi connectivity index (χ2v) is 6.68. The molecule has 1 aliphatic carbocycles. The van der Waals surface area contributed by atoms with Crippen molar-refractivity contribution >= 4 is 11.9 Å². The van der Waals surface area contributed by atoms with Crippen LogP contribution in [0.4, 0.5) is 4.79 Å². The van der Waals surface area contributed by atoms with E-state index in [1.54, 1.807) is 0 Å². The lowest BCUT2D eigenvalue weighted by Gasteiger charge is -2.57. The van der Waals surface area contributed by atoms with E-state index in [0.717, 1.165) is 12.8 Å². The molecular formula is C16H22N4O2. The van der Waals surface area contributed by atoms with Crippen molar-refractivity contribution in [3.63, 3.8) is 0 Å². The molecule has 1 spiro atoms. The van der Waals surface area contributed by atoms with Gasteiger partial charge in [-0.3, -0.25) is 9.69 Å². The van der Waals surface area contributed by atoms with Crippen LogP contribution in [0.1, 0.15) is 18.4 Å². The van der Waals surface area contributed by atoms with Crippen LogP contribution >= 0.6 is 0 Å². The van der Waals surface area contributed by atoms with Gasteiger partial charge in [0.05, 0.1) is 11.1 Å². The van der Waals surface area contributed by atoms with Crippen molar-refractivity contribution in [3.8, 4) is 0 Å². The van der Waals surface area contributed by atoms with Crippen molar-refractivity contribution in [2.24, 2.45) is 5.73 Å². The summed E-state index contributed by atoms with van der Waals surface area (Å²) in [6, 6.07) is 10.2. The number of hydrogen-bond donors (Lipinski definition) is 2. The van der Waals surface area contributed by atoms with Crippen LogP contribution in [0.3, 0.4) is 0 Å². The lowest BCUT2D eigenvalue weighted by Crippen LogP contribution is -2.66. The molecular weight excluding hydrogens is 280 g/mol. The van der Waals surface area contributed by atoms with Crippen LogP contribution in [0, 0.1) is 0 Å². The van der Waals surface area contributed by atoms with Crippen LogP contribution in [0.5, 0.6) is 0 Å². The molecule has 22 heavy (non-hydrogen) atoms. The Morgan fingerprint density at radius 3 is 2.50 bits per heavy atom. The molecule has 1 aromatic rings. The zero-order valence-electron chi connectivity index (χ0n) is 13.0. The molecule has 1 aliphatic heterocycles. The molecule has 3 N–H and O–H groups in total. The Kier molecular flexibility index (Phi) is 3.36.